The molecule has 0 aliphatic carbocycles. The minimum atomic E-state index is -4.38. The number of nitrogen functional groups attached to an aromatic ring is 1. The van der Waals surface area contributed by atoms with Gasteiger partial charge in [0.15, 0.2) is 16.8 Å². The fourth-order valence-corrected chi connectivity index (χ4v) is 2.39. The molecule has 0 unspecified atom stereocenters. The molecule has 24 heavy (non-hydrogen) atoms. The van der Waals surface area contributed by atoms with Gasteiger partial charge >= 0.3 is 6.18 Å². The Morgan fingerprint density at radius 1 is 0.958 bits per heavy atom. The van der Waals surface area contributed by atoms with Crippen LogP contribution in [0.25, 0.3) is 0 Å². The predicted octanol–water partition coefficient (Wildman–Crippen LogP) is 4.02. The molecule has 0 radical (unpaired) electrons. The Labute approximate surface area is 138 Å². The second-order valence-electron chi connectivity index (χ2n) is 4.65. The molecule has 0 aliphatic heterocycles. The monoisotopic (exact) mass is 352 g/mol. The maximum atomic E-state index is 12.6. The number of nitrogens with two attached hydrogens (primary N) is 1. The number of anilines is 5. The van der Waals surface area contributed by atoms with Crippen molar-refractivity contribution in [3.8, 4) is 0 Å². The number of alkyl halides is 3. The molecule has 0 saturated heterocycles. The van der Waals surface area contributed by atoms with Gasteiger partial charge in [-0.05, 0) is 24.3 Å². The molecule has 0 aliphatic rings. The van der Waals surface area contributed by atoms with Crippen molar-refractivity contribution >= 4 is 39.5 Å². The summed E-state index contributed by atoms with van der Waals surface area (Å²) in [6, 6.07) is 4.57. The normalized spacial score (nSPS) is 11.3. The molecule has 0 bridgehead atoms. The number of rotatable bonds is 4. The third kappa shape index (κ3) is 3.54. The van der Waals surface area contributed by atoms with Crippen LogP contribution >= 0.6 is 11.3 Å². The quantitative estimate of drug-likeness (QED) is 0.657. The second-order valence-corrected chi connectivity index (χ2v) is 5.54. The Morgan fingerprint density at radius 3 is 2.21 bits per heavy atom. The number of hydrogen-bond acceptors (Lipinski definition) is 7. The van der Waals surface area contributed by atoms with Crippen LogP contribution in [-0.2, 0) is 6.18 Å². The first-order valence-electron chi connectivity index (χ1n) is 6.65. The van der Waals surface area contributed by atoms with E-state index in [1.807, 2.05) is 0 Å². The average molecular weight is 352 g/mol. The van der Waals surface area contributed by atoms with Crippen molar-refractivity contribution in [2.45, 2.75) is 6.18 Å². The zero-order valence-electron chi connectivity index (χ0n) is 12.0. The Morgan fingerprint density at radius 2 is 1.62 bits per heavy atom. The average Bonchev–Trinajstić information content (AvgIpc) is 3.04. The summed E-state index contributed by atoms with van der Waals surface area (Å²) in [7, 11) is 0. The molecule has 0 fully saturated rings. The lowest BCUT2D eigenvalue weighted by atomic mass is 10.2. The zero-order valence-corrected chi connectivity index (χ0v) is 12.8. The van der Waals surface area contributed by atoms with Gasteiger partial charge in [-0.15, -0.1) is 11.3 Å². The van der Waals surface area contributed by atoms with Crippen LogP contribution in [0.5, 0.6) is 0 Å². The maximum Gasteiger partial charge on any atom is 0.416 e. The van der Waals surface area contributed by atoms with Gasteiger partial charge in [-0.2, -0.15) is 13.2 Å². The first kappa shape index (κ1) is 16.0. The van der Waals surface area contributed by atoms with E-state index in [9.17, 15) is 13.2 Å². The molecule has 0 amide bonds. The predicted molar refractivity (Wildman–Crippen MR) is 86.6 cm³/mol. The van der Waals surface area contributed by atoms with Crippen LogP contribution in [0, 0.1) is 0 Å². The van der Waals surface area contributed by atoms with Crippen LogP contribution < -0.4 is 16.4 Å². The highest BCUT2D eigenvalue weighted by atomic mass is 32.1. The van der Waals surface area contributed by atoms with Crippen LogP contribution in [0.2, 0.25) is 0 Å². The molecule has 2 aromatic heterocycles. The van der Waals surface area contributed by atoms with Gasteiger partial charge in [-0.3, -0.25) is 0 Å². The highest BCUT2D eigenvalue weighted by molar-refractivity contribution is 7.13. The van der Waals surface area contributed by atoms with Crippen molar-refractivity contribution in [3.63, 3.8) is 0 Å². The summed E-state index contributed by atoms with van der Waals surface area (Å²) in [5, 5.41) is 8.22. The number of halogens is 3. The molecule has 2 heterocycles. The fourth-order valence-electron chi connectivity index (χ4n) is 1.86. The molecular weight excluding hydrogens is 341 g/mol. The van der Waals surface area contributed by atoms with Crippen molar-refractivity contribution in [2.75, 3.05) is 16.4 Å². The largest absolute Gasteiger partial charge is 0.416 e. The van der Waals surface area contributed by atoms with Gasteiger partial charge in [0, 0.05) is 17.3 Å². The lowest BCUT2D eigenvalue weighted by Gasteiger charge is -2.12. The van der Waals surface area contributed by atoms with E-state index < -0.39 is 11.7 Å². The molecular formula is C14H11F3N6S. The summed E-state index contributed by atoms with van der Waals surface area (Å²) in [5.74, 6) is 0.637. The Kier molecular flexibility index (Phi) is 4.21. The van der Waals surface area contributed by atoms with Crippen molar-refractivity contribution in [2.24, 2.45) is 0 Å². The van der Waals surface area contributed by atoms with Gasteiger partial charge in [0.2, 0.25) is 0 Å². The van der Waals surface area contributed by atoms with E-state index in [1.54, 1.807) is 11.6 Å². The second kappa shape index (κ2) is 6.32. The van der Waals surface area contributed by atoms with Gasteiger partial charge in [-0.25, -0.2) is 15.0 Å². The van der Waals surface area contributed by atoms with E-state index in [0.717, 1.165) is 12.1 Å². The SMILES string of the molecule is Nc1c(Nc2ccc(C(F)(F)F)cc2)ncnc1Nc1nccs1. The van der Waals surface area contributed by atoms with Crippen LogP contribution in [0.15, 0.2) is 42.2 Å². The third-order valence-corrected chi connectivity index (χ3v) is 3.71. The Hall–Kier alpha value is -2.88. The number of nitrogens with one attached hydrogen (secondary N) is 2. The summed E-state index contributed by atoms with van der Waals surface area (Å²) in [6.07, 6.45) is -1.46. The number of nitrogens with zero attached hydrogens (tertiary/aromatic N) is 3. The van der Waals surface area contributed by atoms with Gasteiger partial charge in [-0.1, -0.05) is 0 Å². The minimum absolute atomic E-state index is 0.229. The molecule has 6 nitrogen and oxygen atoms in total. The van der Waals surface area contributed by atoms with Crippen molar-refractivity contribution < 1.29 is 13.2 Å². The van der Waals surface area contributed by atoms with Crippen molar-refractivity contribution in [3.05, 3.63) is 47.7 Å². The molecule has 3 rings (SSSR count). The molecule has 4 N–H and O–H groups in total. The van der Waals surface area contributed by atoms with Crippen molar-refractivity contribution in [1.82, 2.24) is 15.0 Å². The summed E-state index contributed by atoms with van der Waals surface area (Å²) >= 11 is 1.38. The number of hydrogen-bond donors (Lipinski definition) is 3. The summed E-state index contributed by atoms with van der Waals surface area (Å²) in [5.41, 5.74) is 5.92. The van der Waals surface area contributed by atoms with Gasteiger partial charge in [0.25, 0.3) is 0 Å². The number of thiazole rings is 1. The summed E-state index contributed by atoms with van der Waals surface area (Å²) < 4.78 is 37.7. The van der Waals surface area contributed by atoms with Gasteiger partial charge in [0.1, 0.15) is 12.0 Å². The third-order valence-electron chi connectivity index (χ3n) is 3.02. The molecule has 0 atom stereocenters. The van der Waals surface area contributed by atoms with E-state index in [0.29, 0.717) is 16.6 Å². The lowest BCUT2D eigenvalue weighted by Crippen LogP contribution is -2.06. The topological polar surface area (TPSA) is 88.8 Å². The van der Waals surface area contributed by atoms with Gasteiger partial charge < -0.3 is 16.4 Å². The van der Waals surface area contributed by atoms with E-state index in [2.05, 4.69) is 25.6 Å². The van der Waals surface area contributed by atoms with E-state index in [1.165, 1.54) is 29.8 Å². The van der Waals surface area contributed by atoms with Crippen LogP contribution in [0.4, 0.5) is 41.3 Å². The highest BCUT2D eigenvalue weighted by Gasteiger charge is 2.29. The molecule has 3 aromatic rings. The zero-order chi connectivity index (χ0) is 17.2. The molecule has 1 aromatic carbocycles. The Bertz CT molecular complexity index is 818. The summed E-state index contributed by atoms with van der Waals surface area (Å²) in [6.45, 7) is 0. The van der Waals surface area contributed by atoms with Crippen LogP contribution in [0.1, 0.15) is 5.56 Å². The van der Waals surface area contributed by atoms with E-state index >= 15 is 0 Å². The van der Waals surface area contributed by atoms with Crippen LogP contribution in [0.3, 0.4) is 0 Å². The number of benzene rings is 1. The first-order chi connectivity index (χ1) is 11.4. The van der Waals surface area contributed by atoms with Gasteiger partial charge in [0.05, 0.1) is 5.56 Å². The first-order valence-corrected chi connectivity index (χ1v) is 7.53. The van der Waals surface area contributed by atoms with Crippen LogP contribution in [-0.4, -0.2) is 15.0 Å². The molecule has 10 heteroatoms. The smallest absolute Gasteiger partial charge is 0.393 e. The fraction of sp³-hybridized carbons (Fsp3) is 0.0714. The highest BCUT2D eigenvalue weighted by Crippen LogP contribution is 2.32. The molecule has 0 saturated carbocycles. The minimum Gasteiger partial charge on any atom is -0.393 e. The lowest BCUT2D eigenvalue weighted by molar-refractivity contribution is -0.137. The summed E-state index contributed by atoms with van der Waals surface area (Å²) in [4.78, 5) is 12.1. The van der Waals surface area contributed by atoms with E-state index in [4.69, 9.17) is 5.73 Å². The number of aromatic nitrogens is 3. The molecule has 0 spiro atoms. The standard InChI is InChI=1S/C14H11F3N6S/c15-14(16,17)8-1-3-9(4-2-8)22-11-10(18)12(21-7-20-11)23-13-19-5-6-24-13/h1-7H,18H2,(H2,19,20,21,22,23). The molecule has 124 valence electrons. The maximum absolute atomic E-state index is 12.6. The van der Waals surface area contributed by atoms with Crippen molar-refractivity contribution in [1.29, 1.82) is 0 Å². The van der Waals surface area contributed by atoms with E-state index in [-0.39, 0.29) is 11.5 Å². The Balaban J connectivity index is 1.80.